The van der Waals surface area contributed by atoms with Gasteiger partial charge < -0.3 is 18.6 Å². The summed E-state index contributed by atoms with van der Waals surface area (Å²) < 4.78 is 23.3. The van der Waals surface area contributed by atoms with Crippen LogP contribution in [0.5, 0.6) is 17.2 Å². The quantitative estimate of drug-likeness (QED) is 0.484. The molecule has 0 unspecified atom stereocenters. The first kappa shape index (κ1) is 20.9. The SMILES string of the molecule is CCOc1cccc2c3c(oc12)CN(CCCCOc1ccc2c(c1)CC(=O)CO2)CC3. The maximum Gasteiger partial charge on any atom is 0.176 e. The summed E-state index contributed by atoms with van der Waals surface area (Å²) in [7, 11) is 0. The van der Waals surface area contributed by atoms with Crippen LogP contribution in [0.1, 0.15) is 36.7 Å². The molecule has 2 aromatic carbocycles. The van der Waals surface area contributed by atoms with Crippen molar-refractivity contribution < 1.29 is 23.4 Å². The van der Waals surface area contributed by atoms with E-state index in [2.05, 4.69) is 11.0 Å². The second-order valence-electron chi connectivity index (χ2n) is 8.43. The predicted molar refractivity (Wildman–Crippen MR) is 122 cm³/mol. The second kappa shape index (κ2) is 9.25. The van der Waals surface area contributed by atoms with E-state index in [0.29, 0.717) is 19.6 Å². The van der Waals surface area contributed by atoms with Gasteiger partial charge in [0.15, 0.2) is 17.1 Å². The molecule has 0 amide bonds. The number of hydrogen-bond acceptors (Lipinski definition) is 6. The van der Waals surface area contributed by atoms with Crippen LogP contribution in [0.15, 0.2) is 40.8 Å². The van der Waals surface area contributed by atoms with Gasteiger partial charge in [-0.3, -0.25) is 9.69 Å². The molecule has 3 heterocycles. The van der Waals surface area contributed by atoms with Crippen molar-refractivity contribution in [2.75, 3.05) is 32.9 Å². The van der Waals surface area contributed by atoms with Crippen molar-refractivity contribution >= 4 is 16.8 Å². The fourth-order valence-corrected chi connectivity index (χ4v) is 4.58. The van der Waals surface area contributed by atoms with E-state index in [1.165, 1.54) is 10.9 Å². The number of carbonyl (C=O) groups excluding carboxylic acids is 1. The lowest BCUT2D eigenvalue weighted by Crippen LogP contribution is -2.30. The molecule has 168 valence electrons. The number of Topliss-reactive ketones (excluding diaryl/α,β-unsaturated/α-hetero) is 1. The molecule has 5 rings (SSSR count). The minimum Gasteiger partial charge on any atom is -0.494 e. The Balaban J connectivity index is 1.11. The number of rotatable bonds is 8. The van der Waals surface area contributed by atoms with Crippen LogP contribution < -0.4 is 14.2 Å². The molecule has 3 aromatic rings. The Morgan fingerprint density at radius 1 is 1.12 bits per heavy atom. The van der Waals surface area contributed by atoms with Gasteiger partial charge >= 0.3 is 0 Å². The summed E-state index contributed by atoms with van der Waals surface area (Å²) in [4.78, 5) is 14.0. The van der Waals surface area contributed by atoms with E-state index in [4.69, 9.17) is 18.6 Å². The number of ketones is 1. The first-order valence-corrected chi connectivity index (χ1v) is 11.5. The highest BCUT2D eigenvalue weighted by molar-refractivity contribution is 5.87. The minimum atomic E-state index is 0.109. The van der Waals surface area contributed by atoms with Crippen LogP contribution in [0, 0.1) is 0 Å². The second-order valence-corrected chi connectivity index (χ2v) is 8.43. The number of fused-ring (bicyclic) bond motifs is 4. The van der Waals surface area contributed by atoms with Crippen LogP contribution in [0.2, 0.25) is 0 Å². The molecule has 6 nitrogen and oxygen atoms in total. The third-order valence-corrected chi connectivity index (χ3v) is 6.16. The van der Waals surface area contributed by atoms with Crippen molar-refractivity contribution in [3.05, 3.63) is 53.3 Å². The smallest absolute Gasteiger partial charge is 0.176 e. The number of ether oxygens (including phenoxy) is 3. The van der Waals surface area contributed by atoms with Crippen molar-refractivity contribution in [2.24, 2.45) is 0 Å². The highest BCUT2D eigenvalue weighted by Crippen LogP contribution is 2.35. The van der Waals surface area contributed by atoms with E-state index in [9.17, 15) is 4.79 Å². The van der Waals surface area contributed by atoms with E-state index < -0.39 is 0 Å². The summed E-state index contributed by atoms with van der Waals surface area (Å²) in [6.07, 6.45) is 3.47. The lowest BCUT2D eigenvalue weighted by atomic mass is 10.0. The number of nitrogens with zero attached hydrogens (tertiary/aromatic N) is 1. The van der Waals surface area contributed by atoms with Gasteiger partial charge in [-0.2, -0.15) is 0 Å². The molecule has 32 heavy (non-hydrogen) atoms. The molecule has 0 radical (unpaired) electrons. The number of furan rings is 1. The number of benzene rings is 2. The fraction of sp³-hybridized carbons (Fsp3) is 0.423. The van der Waals surface area contributed by atoms with Crippen molar-refractivity contribution in [1.82, 2.24) is 4.90 Å². The highest BCUT2D eigenvalue weighted by atomic mass is 16.5. The van der Waals surface area contributed by atoms with Gasteiger partial charge in [0.05, 0.1) is 19.8 Å². The van der Waals surface area contributed by atoms with Crippen molar-refractivity contribution in [3.63, 3.8) is 0 Å². The Labute approximate surface area is 188 Å². The number of carbonyl (C=O) groups is 1. The zero-order valence-corrected chi connectivity index (χ0v) is 18.5. The van der Waals surface area contributed by atoms with E-state index >= 15 is 0 Å². The van der Waals surface area contributed by atoms with Crippen LogP contribution in [0.3, 0.4) is 0 Å². The molecule has 0 atom stereocenters. The summed E-state index contributed by atoms with van der Waals surface area (Å²) >= 11 is 0. The Kier molecular flexibility index (Phi) is 6.04. The first-order valence-electron chi connectivity index (χ1n) is 11.5. The molecule has 0 bridgehead atoms. The monoisotopic (exact) mass is 435 g/mol. The van der Waals surface area contributed by atoms with E-state index in [0.717, 1.165) is 73.1 Å². The van der Waals surface area contributed by atoms with E-state index in [1.807, 2.05) is 37.3 Å². The van der Waals surface area contributed by atoms with Gasteiger partial charge in [0, 0.05) is 29.5 Å². The van der Waals surface area contributed by atoms with Crippen LogP contribution in [0.25, 0.3) is 11.0 Å². The number of unbranched alkanes of at least 4 members (excludes halogenated alkanes) is 1. The van der Waals surface area contributed by atoms with E-state index in [1.54, 1.807) is 0 Å². The van der Waals surface area contributed by atoms with Gasteiger partial charge in [-0.15, -0.1) is 0 Å². The fourth-order valence-electron chi connectivity index (χ4n) is 4.58. The summed E-state index contributed by atoms with van der Waals surface area (Å²) in [5.41, 5.74) is 3.13. The van der Waals surface area contributed by atoms with Gasteiger partial charge in [0.2, 0.25) is 0 Å². The maximum atomic E-state index is 11.6. The van der Waals surface area contributed by atoms with Gasteiger partial charge in [-0.05, 0) is 57.0 Å². The third-order valence-electron chi connectivity index (χ3n) is 6.16. The molecular formula is C26H29NO5. The van der Waals surface area contributed by atoms with Gasteiger partial charge in [0.1, 0.15) is 23.9 Å². The Morgan fingerprint density at radius 2 is 2.06 bits per heavy atom. The summed E-state index contributed by atoms with van der Waals surface area (Å²) in [6, 6.07) is 11.9. The number of hydrogen-bond donors (Lipinski definition) is 0. The Hall–Kier alpha value is -2.99. The van der Waals surface area contributed by atoms with Gasteiger partial charge in [0.25, 0.3) is 0 Å². The van der Waals surface area contributed by atoms with Crippen molar-refractivity contribution in [2.45, 2.75) is 39.2 Å². The van der Waals surface area contributed by atoms with Gasteiger partial charge in [-0.1, -0.05) is 12.1 Å². The Morgan fingerprint density at radius 3 is 2.97 bits per heavy atom. The van der Waals surface area contributed by atoms with E-state index in [-0.39, 0.29) is 12.4 Å². The topological polar surface area (TPSA) is 61.1 Å². The molecule has 0 spiro atoms. The third kappa shape index (κ3) is 4.32. The minimum absolute atomic E-state index is 0.109. The zero-order valence-electron chi connectivity index (χ0n) is 18.5. The number of para-hydroxylation sites is 1. The predicted octanol–water partition coefficient (Wildman–Crippen LogP) is 4.55. The molecule has 0 saturated carbocycles. The lowest BCUT2D eigenvalue weighted by Gasteiger charge is -2.25. The van der Waals surface area contributed by atoms with Crippen molar-refractivity contribution in [1.29, 1.82) is 0 Å². The molecule has 1 aromatic heterocycles. The Bertz CT molecular complexity index is 1120. The molecule has 2 aliphatic heterocycles. The zero-order chi connectivity index (χ0) is 21.9. The summed E-state index contributed by atoms with van der Waals surface area (Å²) in [6.45, 7) is 6.37. The summed E-state index contributed by atoms with van der Waals surface area (Å²) in [5, 5.41) is 1.19. The van der Waals surface area contributed by atoms with Crippen LogP contribution in [-0.4, -0.2) is 43.6 Å². The lowest BCUT2D eigenvalue weighted by molar-refractivity contribution is -0.121. The molecule has 0 fully saturated rings. The summed E-state index contributed by atoms with van der Waals surface area (Å²) in [5.74, 6) is 3.61. The average Bonchev–Trinajstić information content (AvgIpc) is 3.17. The molecule has 0 aliphatic carbocycles. The first-order chi connectivity index (χ1) is 15.7. The largest absolute Gasteiger partial charge is 0.494 e. The standard InChI is InChI=1S/C26H29NO5/c1-2-29-24-7-5-6-22-21-10-12-27(16-25(21)32-26(22)24)11-3-4-13-30-20-8-9-23-18(15-20)14-19(28)17-31-23/h5-9,15H,2-4,10-14,16-17H2,1H3. The average molecular weight is 436 g/mol. The van der Waals surface area contributed by atoms with Crippen LogP contribution in [-0.2, 0) is 24.2 Å². The normalized spacial score (nSPS) is 15.8. The molecule has 0 N–H and O–H groups in total. The van der Waals surface area contributed by atoms with Crippen molar-refractivity contribution in [3.8, 4) is 17.2 Å². The van der Waals surface area contributed by atoms with Crippen LogP contribution in [0.4, 0.5) is 0 Å². The van der Waals surface area contributed by atoms with Gasteiger partial charge in [-0.25, -0.2) is 0 Å². The molecular weight excluding hydrogens is 406 g/mol. The molecule has 0 saturated heterocycles. The van der Waals surface area contributed by atoms with Crippen LogP contribution >= 0.6 is 0 Å². The maximum absolute atomic E-state index is 11.6. The highest BCUT2D eigenvalue weighted by Gasteiger charge is 2.23. The molecule has 2 aliphatic rings. The molecule has 6 heteroatoms.